The summed E-state index contributed by atoms with van der Waals surface area (Å²) in [5.41, 5.74) is 4.01. The summed E-state index contributed by atoms with van der Waals surface area (Å²) < 4.78 is 0. The Morgan fingerprint density at radius 2 is 2.12 bits per heavy atom. The normalized spacial score (nSPS) is 14.0. The van der Waals surface area contributed by atoms with E-state index in [4.69, 9.17) is 0 Å². The zero-order valence-electron chi connectivity index (χ0n) is 8.85. The summed E-state index contributed by atoms with van der Waals surface area (Å²) in [6.07, 6.45) is 3.85. The summed E-state index contributed by atoms with van der Waals surface area (Å²) >= 11 is 0. The Bertz CT molecular complexity index is 496. The van der Waals surface area contributed by atoms with Crippen molar-refractivity contribution in [2.45, 2.75) is 12.8 Å². The minimum Gasteiger partial charge on any atom is -0.384 e. The number of aryl methyl sites for hydroxylation is 1. The van der Waals surface area contributed by atoms with Crippen LogP contribution in [-0.2, 0) is 6.42 Å². The third-order valence-corrected chi connectivity index (χ3v) is 2.71. The Balaban J connectivity index is 2.03. The molecular weight excluding hydrogens is 200 g/mol. The molecule has 1 N–H and O–H groups in total. The van der Waals surface area contributed by atoms with Crippen molar-refractivity contribution in [3.63, 3.8) is 0 Å². The van der Waals surface area contributed by atoms with Gasteiger partial charge in [0.15, 0.2) is 0 Å². The van der Waals surface area contributed by atoms with Gasteiger partial charge in [0.1, 0.15) is 5.69 Å². The predicted octanol–water partition coefficient (Wildman–Crippen LogP) is 1.90. The van der Waals surface area contributed by atoms with Gasteiger partial charge in [0.2, 0.25) is 0 Å². The summed E-state index contributed by atoms with van der Waals surface area (Å²) in [6, 6.07) is 7.87. The van der Waals surface area contributed by atoms with E-state index >= 15 is 0 Å². The van der Waals surface area contributed by atoms with Crippen LogP contribution >= 0.6 is 0 Å². The van der Waals surface area contributed by atoms with Crippen molar-refractivity contribution in [1.82, 2.24) is 15.2 Å². The maximum atomic E-state index is 4.62. The van der Waals surface area contributed by atoms with Crippen molar-refractivity contribution in [2.75, 3.05) is 11.9 Å². The smallest absolute Gasteiger partial charge is 0.111 e. The number of hydrogen-bond acceptors (Lipinski definition) is 4. The molecular formula is C12H12N4. The van der Waals surface area contributed by atoms with E-state index in [1.165, 1.54) is 0 Å². The Kier molecular flexibility index (Phi) is 2.25. The Hall–Kier alpha value is -1.97. The maximum absolute atomic E-state index is 4.62. The van der Waals surface area contributed by atoms with Gasteiger partial charge in [-0.15, -0.1) is 5.10 Å². The number of anilines is 1. The first-order valence-electron chi connectivity index (χ1n) is 5.45. The monoisotopic (exact) mass is 212 g/mol. The molecule has 16 heavy (non-hydrogen) atoms. The molecule has 80 valence electrons. The van der Waals surface area contributed by atoms with E-state index in [9.17, 15) is 0 Å². The fourth-order valence-electron chi connectivity index (χ4n) is 1.91. The summed E-state index contributed by atoms with van der Waals surface area (Å²) in [7, 11) is 0. The molecule has 0 aliphatic carbocycles. The number of pyridine rings is 1. The van der Waals surface area contributed by atoms with Gasteiger partial charge in [0.05, 0.1) is 17.1 Å². The minimum absolute atomic E-state index is 0.830. The van der Waals surface area contributed by atoms with Crippen molar-refractivity contribution in [1.29, 1.82) is 0 Å². The van der Waals surface area contributed by atoms with E-state index in [0.29, 0.717) is 0 Å². The SMILES string of the molecule is c1cnnc(-c2ccc3c(n2)CCCN3)c1. The molecule has 2 aromatic heterocycles. The first-order chi connectivity index (χ1) is 7.93. The van der Waals surface area contributed by atoms with Crippen molar-refractivity contribution < 1.29 is 0 Å². The lowest BCUT2D eigenvalue weighted by Gasteiger charge is -2.17. The van der Waals surface area contributed by atoms with Gasteiger partial charge in [-0.3, -0.25) is 0 Å². The second kappa shape index (κ2) is 3.89. The van der Waals surface area contributed by atoms with Crippen LogP contribution in [0.25, 0.3) is 11.4 Å². The molecule has 0 radical (unpaired) electrons. The molecule has 4 nitrogen and oxygen atoms in total. The average Bonchev–Trinajstić information content (AvgIpc) is 2.39. The molecule has 0 spiro atoms. The fraction of sp³-hybridized carbons (Fsp3) is 0.250. The summed E-state index contributed by atoms with van der Waals surface area (Å²) in [5.74, 6) is 0. The molecule has 1 aliphatic rings. The minimum atomic E-state index is 0.830. The molecule has 3 heterocycles. The number of nitrogens with zero attached hydrogens (tertiary/aromatic N) is 3. The molecule has 0 unspecified atom stereocenters. The quantitative estimate of drug-likeness (QED) is 0.784. The van der Waals surface area contributed by atoms with Gasteiger partial charge >= 0.3 is 0 Å². The highest BCUT2D eigenvalue weighted by atomic mass is 15.1. The van der Waals surface area contributed by atoms with Crippen LogP contribution in [0.2, 0.25) is 0 Å². The molecule has 2 aromatic rings. The van der Waals surface area contributed by atoms with Crippen LogP contribution in [0.3, 0.4) is 0 Å². The fourth-order valence-corrected chi connectivity index (χ4v) is 1.91. The van der Waals surface area contributed by atoms with E-state index in [2.05, 4.69) is 26.6 Å². The third kappa shape index (κ3) is 1.62. The Labute approximate surface area is 93.8 Å². The first kappa shape index (κ1) is 9.27. The van der Waals surface area contributed by atoms with Crippen LogP contribution in [0.1, 0.15) is 12.1 Å². The molecule has 0 amide bonds. The molecule has 0 fully saturated rings. The molecule has 4 heteroatoms. The molecule has 0 saturated carbocycles. The van der Waals surface area contributed by atoms with Gasteiger partial charge in [-0.1, -0.05) is 0 Å². The number of fused-ring (bicyclic) bond motifs is 1. The number of nitrogens with one attached hydrogen (secondary N) is 1. The van der Waals surface area contributed by atoms with Gasteiger partial charge in [-0.05, 0) is 37.1 Å². The lowest BCUT2D eigenvalue weighted by Crippen LogP contribution is -2.13. The van der Waals surface area contributed by atoms with Crippen LogP contribution in [0.5, 0.6) is 0 Å². The summed E-state index contributed by atoms with van der Waals surface area (Å²) in [5, 5.41) is 11.3. The second-order valence-corrected chi connectivity index (χ2v) is 3.83. The van der Waals surface area contributed by atoms with Gasteiger partial charge in [0.25, 0.3) is 0 Å². The largest absolute Gasteiger partial charge is 0.384 e. The molecule has 0 atom stereocenters. The third-order valence-electron chi connectivity index (χ3n) is 2.71. The van der Waals surface area contributed by atoms with Crippen LogP contribution in [-0.4, -0.2) is 21.7 Å². The van der Waals surface area contributed by atoms with E-state index in [1.54, 1.807) is 6.20 Å². The summed E-state index contributed by atoms with van der Waals surface area (Å²) in [6.45, 7) is 1.04. The van der Waals surface area contributed by atoms with Crippen LogP contribution in [0.4, 0.5) is 5.69 Å². The lowest BCUT2D eigenvalue weighted by atomic mass is 10.1. The van der Waals surface area contributed by atoms with Gasteiger partial charge in [-0.2, -0.15) is 5.10 Å². The van der Waals surface area contributed by atoms with Crippen molar-refractivity contribution >= 4 is 5.69 Å². The molecule has 0 aromatic carbocycles. The molecule has 0 saturated heterocycles. The number of aromatic nitrogens is 3. The van der Waals surface area contributed by atoms with E-state index in [0.717, 1.165) is 42.2 Å². The van der Waals surface area contributed by atoms with Gasteiger partial charge in [0, 0.05) is 12.7 Å². The zero-order chi connectivity index (χ0) is 10.8. The second-order valence-electron chi connectivity index (χ2n) is 3.83. The highest BCUT2D eigenvalue weighted by Gasteiger charge is 2.11. The lowest BCUT2D eigenvalue weighted by molar-refractivity contribution is 0.802. The van der Waals surface area contributed by atoms with Crippen LogP contribution in [0.15, 0.2) is 30.5 Å². The van der Waals surface area contributed by atoms with Crippen LogP contribution in [0, 0.1) is 0 Å². The molecule has 1 aliphatic heterocycles. The molecule has 0 bridgehead atoms. The molecule has 3 rings (SSSR count). The van der Waals surface area contributed by atoms with Gasteiger partial charge < -0.3 is 5.32 Å². The standard InChI is InChI=1S/C12H12N4/c1-3-10-9(13-7-1)5-6-11(15-10)12-4-2-8-14-16-12/h2,4-6,8,13H,1,3,7H2. The zero-order valence-corrected chi connectivity index (χ0v) is 8.85. The van der Waals surface area contributed by atoms with Gasteiger partial charge in [-0.25, -0.2) is 4.98 Å². The topological polar surface area (TPSA) is 50.7 Å². The first-order valence-corrected chi connectivity index (χ1v) is 5.45. The van der Waals surface area contributed by atoms with E-state index < -0.39 is 0 Å². The highest BCUT2D eigenvalue weighted by molar-refractivity contribution is 5.59. The summed E-state index contributed by atoms with van der Waals surface area (Å²) in [4.78, 5) is 4.62. The predicted molar refractivity (Wildman–Crippen MR) is 62.1 cm³/mol. The number of rotatable bonds is 1. The average molecular weight is 212 g/mol. The number of hydrogen-bond donors (Lipinski definition) is 1. The Morgan fingerprint density at radius 3 is 3.00 bits per heavy atom. The Morgan fingerprint density at radius 1 is 1.12 bits per heavy atom. The van der Waals surface area contributed by atoms with E-state index in [1.807, 2.05) is 18.2 Å². The van der Waals surface area contributed by atoms with Crippen molar-refractivity contribution in [2.24, 2.45) is 0 Å². The highest BCUT2D eigenvalue weighted by Crippen LogP contribution is 2.23. The van der Waals surface area contributed by atoms with Crippen molar-refractivity contribution in [3.05, 3.63) is 36.2 Å². The van der Waals surface area contributed by atoms with Crippen LogP contribution < -0.4 is 5.32 Å². The van der Waals surface area contributed by atoms with E-state index in [-0.39, 0.29) is 0 Å². The maximum Gasteiger partial charge on any atom is 0.111 e. The van der Waals surface area contributed by atoms with Crippen molar-refractivity contribution in [3.8, 4) is 11.4 Å².